The smallest absolute Gasteiger partial charge is 0.146 e. The average Bonchev–Trinajstić information content (AvgIpc) is 2.55. The third-order valence-corrected chi connectivity index (χ3v) is 4.84. The Labute approximate surface area is 140 Å². The van der Waals surface area contributed by atoms with Gasteiger partial charge in [0.2, 0.25) is 0 Å². The first-order valence-electron chi connectivity index (χ1n) is 8.63. The zero-order chi connectivity index (χ0) is 16.8. The molecule has 0 radical (unpaired) electrons. The van der Waals surface area contributed by atoms with Crippen LogP contribution in [-0.2, 0) is 11.2 Å². The van der Waals surface area contributed by atoms with Crippen LogP contribution in [0.5, 0.6) is 0 Å². The molecule has 1 heteroatoms. The maximum absolute atomic E-state index is 11.0. The highest BCUT2D eigenvalue weighted by Crippen LogP contribution is 2.31. The maximum atomic E-state index is 11.0. The summed E-state index contributed by atoms with van der Waals surface area (Å²) in [6.07, 6.45) is 10.7. The van der Waals surface area contributed by atoms with Gasteiger partial charge in [0.15, 0.2) is 0 Å². The lowest BCUT2D eigenvalue weighted by atomic mass is 9.80. The zero-order valence-corrected chi connectivity index (χ0v) is 14.8. The van der Waals surface area contributed by atoms with Gasteiger partial charge < -0.3 is 0 Å². The van der Waals surface area contributed by atoms with Crippen LogP contribution in [0.25, 0.3) is 0 Å². The van der Waals surface area contributed by atoms with Crippen molar-refractivity contribution in [2.75, 3.05) is 0 Å². The van der Waals surface area contributed by atoms with E-state index < -0.39 is 0 Å². The molecule has 2 atom stereocenters. The molecule has 0 amide bonds. The van der Waals surface area contributed by atoms with Gasteiger partial charge in [-0.1, -0.05) is 55.8 Å². The first-order valence-corrected chi connectivity index (χ1v) is 8.63. The Hall–Kier alpha value is -1.89. The van der Waals surface area contributed by atoms with Gasteiger partial charge in [0, 0.05) is 0 Å². The van der Waals surface area contributed by atoms with Crippen LogP contribution >= 0.6 is 0 Å². The number of hydrogen-bond acceptors (Lipinski definition) is 1. The summed E-state index contributed by atoms with van der Waals surface area (Å²) in [5.41, 5.74) is 6.11. The molecule has 0 aromatic heterocycles. The summed E-state index contributed by atoms with van der Waals surface area (Å²) in [6, 6.07) is 8.87. The lowest BCUT2D eigenvalue weighted by Gasteiger charge is -2.25. The summed E-state index contributed by atoms with van der Waals surface area (Å²) in [5.74, 6) is 1.20. The van der Waals surface area contributed by atoms with Crippen molar-refractivity contribution < 1.29 is 4.79 Å². The van der Waals surface area contributed by atoms with Crippen LogP contribution in [0.4, 0.5) is 0 Å². The van der Waals surface area contributed by atoms with E-state index >= 15 is 0 Å². The van der Waals surface area contributed by atoms with Crippen molar-refractivity contribution in [3.8, 4) is 0 Å². The Morgan fingerprint density at radius 1 is 1.26 bits per heavy atom. The van der Waals surface area contributed by atoms with E-state index in [1.54, 1.807) is 0 Å². The summed E-state index contributed by atoms with van der Waals surface area (Å²) >= 11 is 0. The molecule has 2 rings (SSSR count). The number of aldehydes is 1. The second kappa shape index (κ2) is 8.10. The first kappa shape index (κ1) is 17.5. The van der Waals surface area contributed by atoms with Gasteiger partial charge in [-0.25, -0.2) is 0 Å². The molecular weight excluding hydrogens is 280 g/mol. The van der Waals surface area contributed by atoms with Gasteiger partial charge in [-0.2, -0.15) is 0 Å². The molecule has 0 heterocycles. The first-order chi connectivity index (χ1) is 11.0. The fraction of sp³-hybridized carbons (Fsp3) is 0.409. The summed E-state index contributed by atoms with van der Waals surface area (Å²) in [6.45, 7) is 8.65. The molecule has 1 nitrogen and oxygen atoms in total. The van der Waals surface area contributed by atoms with Crippen LogP contribution in [0, 0.1) is 18.8 Å². The monoisotopic (exact) mass is 308 g/mol. The highest BCUT2D eigenvalue weighted by molar-refractivity contribution is 5.74. The number of rotatable bonds is 6. The van der Waals surface area contributed by atoms with Gasteiger partial charge in [0.25, 0.3) is 0 Å². The third kappa shape index (κ3) is 4.79. The summed E-state index contributed by atoms with van der Waals surface area (Å²) in [5, 5.41) is 0. The highest BCUT2D eigenvalue weighted by Gasteiger charge is 2.19. The van der Waals surface area contributed by atoms with Crippen LogP contribution in [-0.4, -0.2) is 6.29 Å². The van der Waals surface area contributed by atoms with Gasteiger partial charge in [-0.3, -0.25) is 4.79 Å². The largest absolute Gasteiger partial charge is 0.298 e. The molecule has 1 aromatic carbocycles. The van der Waals surface area contributed by atoms with E-state index in [4.69, 9.17) is 0 Å². The van der Waals surface area contributed by atoms with Gasteiger partial charge >= 0.3 is 0 Å². The Morgan fingerprint density at radius 2 is 1.96 bits per heavy atom. The second-order valence-electron chi connectivity index (χ2n) is 6.77. The molecule has 0 saturated heterocycles. The molecule has 0 saturated carbocycles. The third-order valence-electron chi connectivity index (χ3n) is 4.84. The highest BCUT2D eigenvalue weighted by atomic mass is 16.1. The van der Waals surface area contributed by atoms with E-state index in [1.807, 2.05) is 13.0 Å². The molecule has 0 spiro atoms. The number of aryl methyl sites for hydroxylation is 1. The summed E-state index contributed by atoms with van der Waals surface area (Å²) in [7, 11) is 0. The van der Waals surface area contributed by atoms with E-state index in [-0.39, 0.29) is 0 Å². The van der Waals surface area contributed by atoms with Crippen LogP contribution in [0.1, 0.15) is 44.7 Å². The van der Waals surface area contributed by atoms with Crippen molar-refractivity contribution in [2.45, 2.75) is 47.0 Å². The van der Waals surface area contributed by atoms with Gasteiger partial charge in [-0.05, 0) is 73.3 Å². The van der Waals surface area contributed by atoms with Gasteiger partial charge in [0.1, 0.15) is 6.29 Å². The Balaban J connectivity index is 2.04. The molecule has 1 aromatic rings. The topological polar surface area (TPSA) is 17.1 Å². The quantitative estimate of drug-likeness (QED) is 0.493. The predicted molar refractivity (Wildman–Crippen MR) is 98.4 cm³/mol. The average molecular weight is 308 g/mol. The van der Waals surface area contributed by atoms with E-state index in [0.717, 1.165) is 31.1 Å². The molecule has 1 aliphatic carbocycles. The Bertz CT molecular complexity index is 628. The summed E-state index contributed by atoms with van der Waals surface area (Å²) < 4.78 is 0. The molecule has 122 valence electrons. The van der Waals surface area contributed by atoms with E-state index in [0.29, 0.717) is 11.8 Å². The molecule has 0 fully saturated rings. The lowest BCUT2D eigenvalue weighted by Crippen LogP contribution is -2.14. The maximum Gasteiger partial charge on any atom is 0.146 e. The van der Waals surface area contributed by atoms with Crippen molar-refractivity contribution in [3.63, 3.8) is 0 Å². The fourth-order valence-corrected chi connectivity index (χ4v) is 3.15. The van der Waals surface area contributed by atoms with Crippen molar-refractivity contribution in [1.82, 2.24) is 0 Å². The molecule has 0 bridgehead atoms. The second-order valence-corrected chi connectivity index (χ2v) is 6.77. The van der Waals surface area contributed by atoms with E-state index in [9.17, 15) is 4.79 Å². The van der Waals surface area contributed by atoms with E-state index in [1.165, 1.54) is 22.3 Å². The van der Waals surface area contributed by atoms with Gasteiger partial charge in [0.05, 0.1) is 0 Å². The Morgan fingerprint density at radius 3 is 2.52 bits per heavy atom. The van der Waals surface area contributed by atoms with E-state index in [2.05, 4.69) is 57.2 Å². The number of carbonyl (C=O) groups is 1. The number of benzene rings is 1. The SMILES string of the molecule is CC/C(C=O)=C/C1=CCC(C(C)Cc2ccc(C)cc2)C=C1C. The van der Waals surface area contributed by atoms with Crippen molar-refractivity contribution in [1.29, 1.82) is 0 Å². The number of allylic oxidation sites excluding steroid dienone is 6. The standard InChI is InChI=1S/C22H28O/c1-5-19(15-23)14-22-11-10-21(13-18(22)4)17(3)12-20-8-6-16(2)7-9-20/h6-9,11,13-15,17,21H,5,10,12H2,1-4H3/b19-14-. The van der Waals surface area contributed by atoms with Crippen LogP contribution < -0.4 is 0 Å². The predicted octanol–water partition coefficient (Wildman–Crippen LogP) is 5.60. The normalized spacial score (nSPS) is 19.8. The van der Waals surface area contributed by atoms with Crippen molar-refractivity contribution in [2.24, 2.45) is 11.8 Å². The fourth-order valence-electron chi connectivity index (χ4n) is 3.15. The molecule has 0 aliphatic heterocycles. The van der Waals surface area contributed by atoms with Crippen LogP contribution in [0.15, 0.2) is 59.2 Å². The molecule has 0 N–H and O–H groups in total. The minimum absolute atomic E-state index is 0.578. The van der Waals surface area contributed by atoms with Gasteiger partial charge in [-0.15, -0.1) is 0 Å². The van der Waals surface area contributed by atoms with Crippen molar-refractivity contribution >= 4 is 6.29 Å². The minimum Gasteiger partial charge on any atom is -0.298 e. The minimum atomic E-state index is 0.578. The number of hydrogen-bond donors (Lipinski definition) is 0. The Kier molecular flexibility index (Phi) is 6.15. The van der Waals surface area contributed by atoms with Crippen LogP contribution in [0.2, 0.25) is 0 Å². The summed E-state index contributed by atoms with van der Waals surface area (Å²) in [4.78, 5) is 11.0. The lowest BCUT2D eigenvalue weighted by molar-refractivity contribution is -0.105. The molecule has 2 unspecified atom stereocenters. The molecule has 1 aliphatic rings. The zero-order valence-electron chi connectivity index (χ0n) is 14.8. The number of carbonyl (C=O) groups excluding carboxylic acids is 1. The van der Waals surface area contributed by atoms with Crippen molar-refractivity contribution in [3.05, 3.63) is 70.3 Å². The molecular formula is C22H28O. The molecule has 23 heavy (non-hydrogen) atoms. The van der Waals surface area contributed by atoms with Crippen LogP contribution in [0.3, 0.4) is 0 Å².